The van der Waals surface area contributed by atoms with Crippen LogP contribution in [0, 0.1) is 0 Å². The molecule has 0 spiro atoms. The topological polar surface area (TPSA) is 237 Å². The normalized spacial score (nSPS) is 18.5. The van der Waals surface area contributed by atoms with E-state index >= 15 is 0 Å². The molecule has 9 aromatic rings. The van der Waals surface area contributed by atoms with E-state index in [9.17, 15) is 0 Å². The van der Waals surface area contributed by atoms with E-state index in [0.717, 1.165) is 205 Å². The third-order valence-corrected chi connectivity index (χ3v) is 17.7. The molecule has 0 atom stereocenters. The van der Waals surface area contributed by atoms with Crippen LogP contribution in [0.5, 0.6) is 0 Å². The number of hydrogen-bond acceptors (Lipinski definition) is 21. The largest absolute Gasteiger partial charge is 0.368 e. The fourth-order valence-electron chi connectivity index (χ4n) is 12.4. The molecule has 0 aliphatic carbocycles. The van der Waals surface area contributed by atoms with Gasteiger partial charge in [0.05, 0.1) is 88.3 Å². The Labute approximate surface area is 512 Å². The second-order valence-corrected chi connectivity index (χ2v) is 25.5. The van der Waals surface area contributed by atoms with Gasteiger partial charge in [0.2, 0.25) is 17.8 Å². The number of fused-ring (bicyclic) bond motifs is 9. The van der Waals surface area contributed by atoms with Crippen LogP contribution < -0.4 is 46.6 Å². The monoisotopic (exact) mass is 1190 g/mol. The average molecular weight is 1190 g/mol. The molecule has 450 valence electrons. The number of anilines is 9. The lowest BCUT2D eigenvalue weighted by molar-refractivity contribution is 0.331. The van der Waals surface area contributed by atoms with Crippen LogP contribution in [-0.2, 0) is 16.6 Å². The first-order chi connectivity index (χ1) is 42.0. The van der Waals surface area contributed by atoms with Crippen LogP contribution in [0.3, 0.4) is 0 Å². The Morgan fingerprint density at radius 2 is 0.759 bits per heavy atom. The fourth-order valence-corrected chi connectivity index (χ4v) is 12.6. The molecule has 9 aromatic heterocycles. The van der Waals surface area contributed by atoms with Crippen molar-refractivity contribution in [3.8, 4) is 0 Å². The lowest BCUT2D eigenvalue weighted by Gasteiger charge is -2.34. The average Bonchev–Trinajstić information content (AvgIpc) is 1.80. The highest BCUT2D eigenvalue weighted by atomic mass is 32.1. The van der Waals surface area contributed by atoms with Gasteiger partial charge in [-0.25, -0.2) is 29.9 Å². The number of thiocarbonyl (C=S) groups is 1. The van der Waals surface area contributed by atoms with Crippen molar-refractivity contribution in [2.24, 2.45) is 9.98 Å². The van der Waals surface area contributed by atoms with Gasteiger partial charge in [-0.1, -0.05) is 12.2 Å². The summed E-state index contributed by atoms with van der Waals surface area (Å²) in [5.41, 5.74) is 11.3. The van der Waals surface area contributed by atoms with Gasteiger partial charge in [-0.3, -0.25) is 9.98 Å². The minimum Gasteiger partial charge on any atom is -0.368 e. The summed E-state index contributed by atoms with van der Waals surface area (Å²) in [6, 6.07) is 18.6. The van der Waals surface area contributed by atoms with Crippen molar-refractivity contribution in [3.63, 3.8) is 0 Å². The fraction of sp³-hybridized carbons (Fsp3) is 0.429. The number of aromatic nitrogens is 12. The molecule has 6 aliphatic heterocycles. The summed E-state index contributed by atoms with van der Waals surface area (Å²) in [5, 5.41) is 22.9. The van der Waals surface area contributed by atoms with Crippen molar-refractivity contribution in [3.05, 3.63) is 109 Å². The summed E-state index contributed by atoms with van der Waals surface area (Å²) < 4.78 is 6.82. The molecule has 23 nitrogen and oxygen atoms in total. The smallest absolute Gasteiger partial charge is 0.230 e. The Hall–Kier alpha value is -8.58. The van der Waals surface area contributed by atoms with Gasteiger partial charge < -0.3 is 60.3 Å². The molecular formula is C63H77N23S. The van der Waals surface area contributed by atoms with Crippen molar-refractivity contribution in [2.45, 2.75) is 84.8 Å². The number of aliphatic imine (C=N–C) groups is 2. The van der Waals surface area contributed by atoms with Gasteiger partial charge >= 0.3 is 0 Å². The molecule has 0 unspecified atom stereocenters. The zero-order valence-corrected chi connectivity index (χ0v) is 51.8. The molecule has 6 N–H and O–H groups in total. The third-order valence-electron chi connectivity index (χ3n) is 17.2. The molecule has 87 heavy (non-hydrogen) atoms. The lowest BCUT2D eigenvalue weighted by Crippen LogP contribution is -2.43. The Kier molecular flexibility index (Phi) is 15.6. The van der Waals surface area contributed by atoms with Crippen LogP contribution in [0.4, 0.5) is 52.4 Å². The summed E-state index contributed by atoms with van der Waals surface area (Å²) >= 11 is 5.61. The minimum absolute atomic E-state index is 0.0196. The zero-order chi connectivity index (χ0) is 60.0. The standard InChI is InChI=1S/2C21H26N8.C21H25N7S/c2*1-14-17-10-15-11-24-20(27-19(15)29(17)21(2,3)13-25-14)26-18-5-4-16(12-23-18)28-8-6-22-7-9-28;1-21(2)6-5-17(29)16-11-14-12-24-20(26-19(14)28(16)21)25-18-4-3-15(13-23-18)27-9-7-22-8-10-27/h2*4-5,10-12,22H,6-9,13H2,1-3H3,(H,23,24,26,27);3-4,11-13,22H,5-10H2,1-2H3,(H,23,24,25,26). The van der Waals surface area contributed by atoms with Crippen LogP contribution in [0.15, 0.2) is 102 Å². The Balaban J connectivity index is 0.000000121. The van der Waals surface area contributed by atoms with Crippen LogP contribution >= 0.6 is 12.2 Å². The quantitative estimate of drug-likeness (QED) is 0.0745. The number of nitrogens with zero attached hydrogens (tertiary/aromatic N) is 17. The highest BCUT2D eigenvalue weighted by molar-refractivity contribution is 7.80. The summed E-state index contributed by atoms with van der Waals surface area (Å²) in [6.45, 7) is 30.9. The molecule has 15 heterocycles. The number of pyridine rings is 3. The van der Waals surface area contributed by atoms with E-state index in [-0.39, 0.29) is 16.6 Å². The van der Waals surface area contributed by atoms with Crippen molar-refractivity contribution in [2.75, 3.05) is 122 Å². The number of hydrogen-bond donors (Lipinski definition) is 6. The van der Waals surface area contributed by atoms with Gasteiger partial charge in [-0.15, -0.1) is 0 Å². The van der Waals surface area contributed by atoms with Gasteiger partial charge in [-0.05, 0) is 123 Å². The maximum absolute atomic E-state index is 5.61. The van der Waals surface area contributed by atoms with E-state index in [2.05, 4.69) is 192 Å². The molecule has 3 saturated heterocycles. The van der Waals surface area contributed by atoms with Crippen LogP contribution in [0.1, 0.15) is 85.3 Å². The van der Waals surface area contributed by atoms with Crippen molar-refractivity contribution in [1.82, 2.24) is 74.5 Å². The first-order valence-corrected chi connectivity index (χ1v) is 30.7. The maximum atomic E-state index is 5.61. The van der Waals surface area contributed by atoms with Crippen molar-refractivity contribution in [1.29, 1.82) is 0 Å². The molecule has 3 fully saturated rings. The van der Waals surface area contributed by atoms with E-state index < -0.39 is 0 Å². The molecule has 24 heteroatoms. The maximum Gasteiger partial charge on any atom is 0.230 e. The van der Waals surface area contributed by atoms with E-state index in [1.54, 1.807) is 0 Å². The molecule has 0 bridgehead atoms. The second kappa shape index (κ2) is 23.6. The van der Waals surface area contributed by atoms with E-state index in [0.29, 0.717) is 17.8 Å². The van der Waals surface area contributed by atoms with Gasteiger partial charge in [0.25, 0.3) is 0 Å². The molecular weight excluding hydrogens is 1110 g/mol. The number of piperazine rings is 3. The lowest BCUT2D eigenvalue weighted by atomic mass is 9.92. The van der Waals surface area contributed by atoms with Crippen LogP contribution in [-0.4, -0.2) is 166 Å². The molecule has 0 radical (unpaired) electrons. The van der Waals surface area contributed by atoms with E-state index in [1.165, 1.54) is 0 Å². The summed E-state index contributed by atoms with van der Waals surface area (Å²) in [6.07, 6.45) is 13.3. The first-order valence-electron chi connectivity index (χ1n) is 30.3. The number of nitrogens with one attached hydrogen (secondary N) is 6. The van der Waals surface area contributed by atoms with Gasteiger partial charge in [0.1, 0.15) is 34.4 Å². The van der Waals surface area contributed by atoms with Crippen LogP contribution in [0.2, 0.25) is 0 Å². The SMILES string of the molecule is CC1(C)CCC(=S)c2cc3cnc(Nc4ccc(N5CCNCC5)cn4)nc3n21.CC1=NCC(C)(C)n2c1cc1cnc(Nc3ccc(N4CCNCC4)cn3)nc12.CC1=NCC(C)(C)n2c1cc1cnc(Nc3ccc(N4CCNCC4)cn3)nc12. The van der Waals surface area contributed by atoms with Gasteiger partial charge in [0, 0.05) is 124 Å². The Bertz CT molecular complexity index is 3720. The predicted molar refractivity (Wildman–Crippen MR) is 353 cm³/mol. The summed E-state index contributed by atoms with van der Waals surface area (Å²) in [5.74, 6) is 3.88. The van der Waals surface area contributed by atoms with Crippen molar-refractivity contribution >= 4 is 114 Å². The molecule has 6 aliphatic rings. The Morgan fingerprint density at radius 1 is 0.425 bits per heavy atom. The minimum atomic E-state index is -0.120. The molecule has 15 rings (SSSR count). The molecule has 0 amide bonds. The molecule has 0 aromatic carbocycles. The van der Waals surface area contributed by atoms with E-state index in [4.69, 9.17) is 27.2 Å². The highest BCUT2D eigenvalue weighted by Gasteiger charge is 2.34. The molecule has 0 saturated carbocycles. The van der Waals surface area contributed by atoms with Gasteiger partial charge in [-0.2, -0.15) is 15.0 Å². The second-order valence-electron chi connectivity index (χ2n) is 25.0. The third kappa shape index (κ3) is 11.9. The van der Waals surface area contributed by atoms with Crippen LogP contribution in [0.25, 0.3) is 33.1 Å². The zero-order valence-electron chi connectivity index (χ0n) is 51.0. The highest BCUT2D eigenvalue weighted by Crippen LogP contribution is 2.37. The summed E-state index contributed by atoms with van der Waals surface area (Å²) in [4.78, 5) is 59.0. The van der Waals surface area contributed by atoms with Gasteiger partial charge in [0.15, 0.2) is 0 Å². The van der Waals surface area contributed by atoms with E-state index in [1.807, 2.05) is 55.4 Å². The Morgan fingerprint density at radius 3 is 1.09 bits per heavy atom. The first kappa shape index (κ1) is 57.5. The predicted octanol–water partition coefficient (Wildman–Crippen LogP) is 8.30. The number of rotatable bonds is 9. The summed E-state index contributed by atoms with van der Waals surface area (Å²) in [7, 11) is 0. The van der Waals surface area contributed by atoms with Crippen molar-refractivity contribution < 1.29 is 0 Å².